The Bertz CT molecular complexity index is 479. The van der Waals surface area contributed by atoms with Crippen LogP contribution in [-0.2, 0) is 11.3 Å². The molecule has 0 radical (unpaired) electrons. The number of carboxylic acids is 1. The van der Waals surface area contributed by atoms with Gasteiger partial charge in [0.05, 0.1) is 5.41 Å². The van der Waals surface area contributed by atoms with Gasteiger partial charge < -0.3 is 5.11 Å². The Morgan fingerprint density at radius 3 is 2.63 bits per heavy atom. The van der Waals surface area contributed by atoms with Crippen molar-refractivity contribution in [3.63, 3.8) is 0 Å². The standard InChI is InChI=1S/C15H20FNO2/c1-11-3-4-13(16)12(9-11)10-17-7-5-15(2,6-8-17)14(18)19/h3-4,9H,5-8,10H2,1-2H3,(H,18,19). The second kappa shape index (κ2) is 5.29. The van der Waals surface area contributed by atoms with Gasteiger partial charge in [0.2, 0.25) is 0 Å². The van der Waals surface area contributed by atoms with Gasteiger partial charge in [0, 0.05) is 12.1 Å². The zero-order chi connectivity index (χ0) is 14.0. The Morgan fingerprint density at radius 1 is 1.42 bits per heavy atom. The van der Waals surface area contributed by atoms with Crippen molar-refractivity contribution in [3.8, 4) is 0 Å². The third-order valence-electron chi connectivity index (χ3n) is 4.07. The van der Waals surface area contributed by atoms with Gasteiger partial charge in [-0.05, 0) is 45.8 Å². The number of hydrogen-bond donors (Lipinski definition) is 1. The number of halogens is 1. The molecule has 1 aromatic carbocycles. The van der Waals surface area contributed by atoms with Crippen molar-refractivity contribution >= 4 is 5.97 Å². The maximum absolute atomic E-state index is 13.7. The van der Waals surface area contributed by atoms with E-state index in [0.717, 1.165) is 5.56 Å². The second-order valence-electron chi connectivity index (χ2n) is 5.74. The molecule has 1 saturated heterocycles. The largest absolute Gasteiger partial charge is 0.481 e. The van der Waals surface area contributed by atoms with Crippen LogP contribution in [0.5, 0.6) is 0 Å². The number of carbonyl (C=O) groups is 1. The molecule has 0 aliphatic carbocycles. The highest BCUT2D eigenvalue weighted by molar-refractivity contribution is 5.74. The van der Waals surface area contributed by atoms with Crippen LogP contribution in [0.1, 0.15) is 30.9 Å². The Kier molecular flexibility index (Phi) is 3.90. The number of piperidine rings is 1. The highest BCUT2D eigenvalue weighted by Crippen LogP contribution is 2.31. The highest BCUT2D eigenvalue weighted by atomic mass is 19.1. The Hall–Kier alpha value is -1.42. The summed E-state index contributed by atoms with van der Waals surface area (Å²) in [6.45, 7) is 5.70. The molecule has 1 aromatic rings. The minimum Gasteiger partial charge on any atom is -0.481 e. The number of rotatable bonds is 3. The van der Waals surface area contributed by atoms with E-state index >= 15 is 0 Å². The first-order valence-corrected chi connectivity index (χ1v) is 6.61. The fourth-order valence-electron chi connectivity index (χ4n) is 2.48. The van der Waals surface area contributed by atoms with E-state index in [9.17, 15) is 14.3 Å². The average molecular weight is 265 g/mol. The van der Waals surface area contributed by atoms with Crippen molar-refractivity contribution in [2.75, 3.05) is 13.1 Å². The van der Waals surface area contributed by atoms with Crippen molar-refractivity contribution in [2.45, 2.75) is 33.2 Å². The van der Waals surface area contributed by atoms with Crippen molar-refractivity contribution in [3.05, 3.63) is 35.1 Å². The molecular weight excluding hydrogens is 245 g/mol. The Labute approximate surface area is 113 Å². The number of carboxylic acid groups (broad SMARTS) is 1. The quantitative estimate of drug-likeness (QED) is 0.913. The molecule has 19 heavy (non-hydrogen) atoms. The van der Waals surface area contributed by atoms with Crippen LogP contribution in [0.25, 0.3) is 0 Å². The molecule has 4 heteroatoms. The highest BCUT2D eigenvalue weighted by Gasteiger charge is 2.36. The topological polar surface area (TPSA) is 40.5 Å². The predicted octanol–water partition coefficient (Wildman–Crippen LogP) is 2.82. The van der Waals surface area contributed by atoms with Crippen LogP contribution >= 0.6 is 0 Å². The van der Waals surface area contributed by atoms with Gasteiger partial charge in [-0.25, -0.2) is 4.39 Å². The second-order valence-corrected chi connectivity index (χ2v) is 5.74. The van der Waals surface area contributed by atoms with E-state index in [1.54, 1.807) is 13.0 Å². The van der Waals surface area contributed by atoms with E-state index in [4.69, 9.17) is 0 Å². The lowest BCUT2D eigenvalue weighted by atomic mass is 9.80. The van der Waals surface area contributed by atoms with Crippen LogP contribution in [0.2, 0.25) is 0 Å². The van der Waals surface area contributed by atoms with E-state index in [0.29, 0.717) is 38.0 Å². The Morgan fingerprint density at radius 2 is 2.05 bits per heavy atom. The van der Waals surface area contributed by atoms with Crippen LogP contribution in [0.3, 0.4) is 0 Å². The van der Waals surface area contributed by atoms with Crippen molar-refractivity contribution in [2.24, 2.45) is 5.41 Å². The molecule has 1 heterocycles. The number of likely N-dealkylation sites (tertiary alicyclic amines) is 1. The first-order valence-electron chi connectivity index (χ1n) is 6.61. The summed E-state index contributed by atoms with van der Waals surface area (Å²) >= 11 is 0. The van der Waals surface area contributed by atoms with Gasteiger partial charge in [0.25, 0.3) is 0 Å². The van der Waals surface area contributed by atoms with Gasteiger partial charge in [-0.3, -0.25) is 9.69 Å². The zero-order valence-corrected chi connectivity index (χ0v) is 11.4. The minimum absolute atomic E-state index is 0.183. The molecule has 0 atom stereocenters. The van der Waals surface area contributed by atoms with Gasteiger partial charge in [0.15, 0.2) is 0 Å². The summed E-state index contributed by atoms with van der Waals surface area (Å²) in [6, 6.07) is 5.12. The summed E-state index contributed by atoms with van der Waals surface area (Å²) in [6.07, 6.45) is 1.24. The lowest BCUT2D eigenvalue weighted by molar-refractivity contribution is -0.150. The molecule has 0 amide bonds. The number of benzene rings is 1. The van der Waals surface area contributed by atoms with Gasteiger partial charge >= 0.3 is 5.97 Å². The first kappa shape index (κ1) is 14.0. The van der Waals surface area contributed by atoms with Crippen LogP contribution < -0.4 is 0 Å². The first-order chi connectivity index (χ1) is 8.90. The molecule has 1 aliphatic rings. The van der Waals surface area contributed by atoms with Gasteiger partial charge in [-0.1, -0.05) is 17.7 Å². The van der Waals surface area contributed by atoms with Crippen molar-refractivity contribution in [1.82, 2.24) is 4.90 Å². The molecule has 0 aromatic heterocycles. The SMILES string of the molecule is Cc1ccc(F)c(CN2CCC(C)(C(=O)O)CC2)c1. The molecule has 1 aliphatic heterocycles. The molecule has 0 unspecified atom stereocenters. The van der Waals surface area contributed by atoms with Gasteiger partial charge in [-0.2, -0.15) is 0 Å². The summed E-state index contributed by atoms with van der Waals surface area (Å²) in [5, 5.41) is 9.18. The van der Waals surface area contributed by atoms with E-state index in [1.165, 1.54) is 6.07 Å². The maximum atomic E-state index is 13.7. The third kappa shape index (κ3) is 3.13. The number of aliphatic carboxylic acids is 1. The Balaban J connectivity index is 1.99. The van der Waals surface area contributed by atoms with Crippen molar-refractivity contribution < 1.29 is 14.3 Å². The average Bonchev–Trinajstić information content (AvgIpc) is 2.36. The van der Waals surface area contributed by atoms with Gasteiger partial charge in [0.1, 0.15) is 5.82 Å². The lowest BCUT2D eigenvalue weighted by Crippen LogP contribution is -2.42. The van der Waals surface area contributed by atoms with Crippen LogP contribution in [0, 0.1) is 18.2 Å². The molecule has 104 valence electrons. The number of hydrogen-bond acceptors (Lipinski definition) is 2. The maximum Gasteiger partial charge on any atom is 0.309 e. The fourth-order valence-corrected chi connectivity index (χ4v) is 2.48. The summed E-state index contributed by atoms with van der Waals surface area (Å²) in [5.74, 6) is -0.911. The predicted molar refractivity (Wildman–Crippen MR) is 71.4 cm³/mol. The molecule has 2 rings (SSSR count). The van der Waals surface area contributed by atoms with Crippen LogP contribution in [-0.4, -0.2) is 29.1 Å². The molecule has 1 N–H and O–H groups in total. The van der Waals surface area contributed by atoms with E-state index in [2.05, 4.69) is 4.90 Å². The molecule has 1 fully saturated rings. The lowest BCUT2D eigenvalue weighted by Gasteiger charge is -2.36. The molecule has 3 nitrogen and oxygen atoms in total. The summed E-state index contributed by atoms with van der Waals surface area (Å²) in [7, 11) is 0. The van der Waals surface area contributed by atoms with Crippen LogP contribution in [0.15, 0.2) is 18.2 Å². The fraction of sp³-hybridized carbons (Fsp3) is 0.533. The van der Waals surface area contributed by atoms with Gasteiger partial charge in [-0.15, -0.1) is 0 Å². The number of aryl methyl sites for hydroxylation is 1. The van der Waals surface area contributed by atoms with E-state index in [1.807, 2.05) is 13.0 Å². The number of nitrogens with zero attached hydrogens (tertiary/aromatic N) is 1. The molecular formula is C15H20FNO2. The van der Waals surface area contributed by atoms with Crippen molar-refractivity contribution in [1.29, 1.82) is 0 Å². The summed E-state index contributed by atoms with van der Waals surface area (Å²) in [4.78, 5) is 13.3. The molecule has 0 saturated carbocycles. The summed E-state index contributed by atoms with van der Waals surface area (Å²) < 4.78 is 13.7. The zero-order valence-electron chi connectivity index (χ0n) is 11.4. The van der Waals surface area contributed by atoms with E-state index in [-0.39, 0.29) is 5.82 Å². The minimum atomic E-state index is -0.728. The molecule has 0 spiro atoms. The summed E-state index contributed by atoms with van der Waals surface area (Å²) in [5.41, 5.74) is 1.12. The third-order valence-corrected chi connectivity index (χ3v) is 4.07. The normalized spacial score (nSPS) is 19.3. The van der Waals surface area contributed by atoms with Crippen LogP contribution in [0.4, 0.5) is 4.39 Å². The molecule has 0 bridgehead atoms. The smallest absolute Gasteiger partial charge is 0.309 e. The monoisotopic (exact) mass is 265 g/mol. The van der Waals surface area contributed by atoms with E-state index < -0.39 is 11.4 Å².